The molecule has 1 aromatic carbocycles. The Morgan fingerprint density at radius 1 is 1.37 bits per heavy atom. The average Bonchev–Trinajstić information content (AvgIpc) is 2.67. The first kappa shape index (κ1) is 14.2. The number of nitrogens with one attached hydrogen (secondary N) is 1. The van der Waals surface area contributed by atoms with Crippen molar-refractivity contribution >= 4 is 21.9 Å². The number of hydrogen-bond acceptors (Lipinski definition) is 2. The van der Waals surface area contributed by atoms with E-state index in [1.165, 1.54) is 0 Å². The maximum absolute atomic E-state index is 12.2. The van der Waals surface area contributed by atoms with E-state index in [0.29, 0.717) is 0 Å². The van der Waals surface area contributed by atoms with Crippen LogP contribution in [-0.4, -0.2) is 18.7 Å². The second-order valence-corrected chi connectivity index (χ2v) is 7.80. The summed E-state index contributed by atoms with van der Waals surface area (Å²) in [6, 6.07) is 6.06. The Hall–Kier alpha value is -1.20. The first-order chi connectivity index (χ1) is 8.79. The zero-order valence-corrected chi connectivity index (χ0v) is 12.9. The number of rotatable bonds is 3. The highest BCUT2D eigenvalue weighted by Crippen LogP contribution is 2.24. The quantitative estimate of drug-likeness (QED) is 0.939. The van der Waals surface area contributed by atoms with Crippen LogP contribution in [0.3, 0.4) is 0 Å². The van der Waals surface area contributed by atoms with Gasteiger partial charge in [0.05, 0.1) is 21.2 Å². The standard InChI is InChI=1S/C14H21N3OS/c1-10(16-19(18)14(2,3)4)11-7-6-8-13-12(11)9-17(5)15-13/h6-10,16H,1-5H3/t10-,19+/m0/s1. The number of aryl methyl sites for hydroxylation is 1. The van der Waals surface area contributed by atoms with E-state index in [4.69, 9.17) is 0 Å². The smallest absolute Gasteiger partial charge is 0.0975 e. The minimum absolute atomic E-state index is 0.0213. The van der Waals surface area contributed by atoms with Gasteiger partial charge in [0.1, 0.15) is 0 Å². The van der Waals surface area contributed by atoms with E-state index in [1.54, 1.807) is 0 Å². The van der Waals surface area contributed by atoms with Gasteiger partial charge in [0, 0.05) is 24.7 Å². The third kappa shape index (κ3) is 3.04. The Labute approximate surface area is 116 Å². The molecule has 19 heavy (non-hydrogen) atoms. The summed E-state index contributed by atoms with van der Waals surface area (Å²) in [4.78, 5) is 0. The third-order valence-electron chi connectivity index (χ3n) is 3.00. The number of hydrogen-bond donors (Lipinski definition) is 1. The molecule has 2 rings (SSSR count). The molecule has 1 aromatic heterocycles. The van der Waals surface area contributed by atoms with Gasteiger partial charge in [-0.05, 0) is 39.3 Å². The van der Waals surface area contributed by atoms with E-state index < -0.39 is 11.0 Å². The molecule has 0 aliphatic rings. The lowest BCUT2D eigenvalue weighted by Gasteiger charge is -2.22. The molecule has 0 spiro atoms. The van der Waals surface area contributed by atoms with Crippen LogP contribution in [0.1, 0.15) is 39.3 Å². The molecule has 4 nitrogen and oxygen atoms in total. The normalized spacial score (nSPS) is 15.6. The highest BCUT2D eigenvalue weighted by atomic mass is 32.2. The van der Waals surface area contributed by atoms with Crippen molar-refractivity contribution in [2.24, 2.45) is 7.05 Å². The lowest BCUT2D eigenvalue weighted by molar-refractivity contribution is 0.617. The second-order valence-electron chi connectivity index (χ2n) is 5.80. The highest BCUT2D eigenvalue weighted by Gasteiger charge is 2.22. The van der Waals surface area contributed by atoms with Gasteiger partial charge >= 0.3 is 0 Å². The van der Waals surface area contributed by atoms with E-state index in [2.05, 4.69) is 15.9 Å². The summed E-state index contributed by atoms with van der Waals surface area (Å²) in [5.74, 6) is 0. The Morgan fingerprint density at radius 3 is 2.68 bits per heavy atom. The van der Waals surface area contributed by atoms with Gasteiger partial charge in [-0.15, -0.1) is 0 Å². The van der Waals surface area contributed by atoms with Crippen molar-refractivity contribution in [2.75, 3.05) is 0 Å². The third-order valence-corrected chi connectivity index (χ3v) is 4.68. The van der Waals surface area contributed by atoms with Crippen LogP contribution in [0.4, 0.5) is 0 Å². The molecule has 0 radical (unpaired) electrons. The van der Waals surface area contributed by atoms with E-state index in [1.807, 2.05) is 57.8 Å². The monoisotopic (exact) mass is 279 g/mol. The van der Waals surface area contributed by atoms with Crippen LogP contribution in [-0.2, 0) is 18.0 Å². The van der Waals surface area contributed by atoms with Crippen LogP contribution < -0.4 is 4.72 Å². The highest BCUT2D eigenvalue weighted by molar-refractivity contribution is 7.84. The van der Waals surface area contributed by atoms with Gasteiger partial charge in [0.2, 0.25) is 0 Å². The average molecular weight is 279 g/mol. The predicted octanol–water partition coefficient (Wildman–Crippen LogP) is 2.69. The molecule has 0 saturated carbocycles. The minimum atomic E-state index is -1.08. The van der Waals surface area contributed by atoms with E-state index in [0.717, 1.165) is 16.5 Å². The molecule has 0 amide bonds. The Bertz CT molecular complexity index is 613. The molecule has 0 bridgehead atoms. The summed E-state index contributed by atoms with van der Waals surface area (Å²) >= 11 is 0. The van der Waals surface area contributed by atoms with Crippen molar-refractivity contribution in [3.05, 3.63) is 30.0 Å². The Morgan fingerprint density at radius 2 is 2.05 bits per heavy atom. The predicted molar refractivity (Wildman–Crippen MR) is 80.2 cm³/mol. The lowest BCUT2D eigenvalue weighted by atomic mass is 10.1. The number of fused-ring (bicyclic) bond motifs is 1. The first-order valence-electron chi connectivity index (χ1n) is 6.39. The van der Waals surface area contributed by atoms with E-state index in [9.17, 15) is 4.21 Å². The fourth-order valence-electron chi connectivity index (χ4n) is 1.96. The zero-order valence-electron chi connectivity index (χ0n) is 12.1. The molecule has 104 valence electrons. The fourth-order valence-corrected chi connectivity index (χ4v) is 2.76. The molecule has 5 heteroatoms. The minimum Gasteiger partial charge on any atom is -0.275 e. The van der Waals surface area contributed by atoms with Gasteiger partial charge in [-0.2, -0.15) is 5.10 Å². The van der Waals surface area contributed by atoms with Crippen LogP contribution in [0.25, 0.3) is 10.9 Å². The summed E-state index contributed by atoms with van der Waals surface area (Å²) in [6.45, 7) is 7.93. The van der Waals surface area contributed by atoms with Crippen molar-refractivity contribution in [1.29, 1.82) is 0 Å². The number of aromatic nitrogens is 2. The molecule has 2 atom stereocenters. The van der Waals surface area contributed by atoms with Gasteiger partial charge in [0.25, 0.3) is 0 Å². The van der Waals surface area contributed by atoms with E-state index >= 15 is 0 Å². The molecule has 0 aliphatic carbocycles. The maximum atomic E-state index is 12.2. The van der Waals surface area contributed by atoms with Crippen molar-refractivity contribution in [1.82, 2.24) is 14.5 Å². The van der Waals surface area contributed by atoms with Crippen LogP contribution in [0.5, 0.6) is 0 Å². The van der Waals surface area contributed by atoms with Crippen LogP contribution >= 0.6 is 0 Å². The van der Waals surface area contributed by atoms with Crippen molar-refractivity contribution in [2.45, 2.75) is 38.5 Å². The van der Waals surface area contributed by atoms with Gasteiger partial charge in [-0.25, -0.2) is 8.93 Å². The topological polar surface area (TPSA) is 46.9 Å². The Kier molecular flexibility index (Phi) is 3.78. The summed E-state index contributed by atoms with van der Waals surface area (Å²) in [5.41, 5.74) is 2.10. The van der Waals surface area contributed by atoms with Crippen molar-refractivity contribution in [3.63, 3.8) is 0 Å². The molecule has 1 N–H and O–H groups in total. The Balaban J connectivity index is 2.31. The molecule has 0 saturated heterocycles. The molecule has 2 aromatic rings. The largest absolute Gasteiger partial charge is 0.275 e. The van der Waals surface area contributed by atoms with Crippen LogP contribution in [0.2, 0.25) is 0 Å². The van der Waals surface area contributed by atoms with E-state index in [-0.39, 0.29) is 10.8 Å². The van der Waals surface area contributed by atoms with Crippen LogP contribution in [0, 0.1) is 0 Å². The SMILES string of the molecule is C[C@H](N[S@](=O)C(C)(C)C)c1cccc2nn(C)cc12. The van der Waals surface area contributed by atoms with Crippen LogP contribution in [0.15, 0.2) is 24.4 Å². The lowest BCUT2D eigenvalue weighted by Crippen LogP contribution is -2.34. The zero-order chi connectivity index (χ0) is 14.2. The number of nitrogens with zero attached hydrogens (tertiary/aromatic N) is 2. The molecule has 0 aliphatic heterocycles. The summed E-state index contributed by atoms with van der Waals surface area (Å²) < 4.78 is 16.9. The summed E-state index contributed by atoms with van der Waals surface area (Å²) in [6.07, 6.45) is 2.00. The van der Waals surface area contributed by atoms with Crippen molar-refractivity contribution in [3.8, 4) is 0 Å². The molecule has 1 heterocycles. The van der Waals surface area contributed by atoms with Crippen molar-refractivity contribution < 1.29 is 4.21 Å². The number of benzene rings is 1. The van der Waals surface area contributed by atoms with Gasteiger partial charge in [-0.1, -0.05) is 12.1 Å². The summed E-state index contributed by atoms with van der Waals surface area (Å²) in [5, 5.41) is 5.50. The molecule has 0 unspecified atom stereocenters. The van der Waals surface area contributed by atoms with Gasteiger partial charge in [-0.3, -0.25) is 4.68 Å². The molecular formula is C14H21N3OS. The first-order valence-corrected chi connectivity index (χ1v) is 7.54. The second kappa shape index (κ2) is 5.06. The van der Waals surface area contributed by atoms with Gasteiger partial charge in [0.15, 0.2) is 0 Å². The molecule has 0 fully saturated rings. The molecular weight excluding hydrogens is 258 g/mol. The fraction of sp³-hybridized carbons (Fsp3) is 0.500. The van der Waals surface area contributed by atoms with Gasteiger partial charge < -0.3 is 0 Å². The maximum Gasteiger partial charge on any atom is 0.0975 e. The summed E-state index contributed by atoms with van der Waals surface area (Å²) in [7, 11) is 0.831.